The number of aromatic nitrogens is 2. The van der Waals surface area contributed by atoms with Gasteiger partial charge in [-0.05, 0) is 19.4 Å². The highest BCUT2D eigenvalue weighted by Crippen LogP contribution is 2.04. The number of nitrogens with one attached hydrogen (secondary N) is 1. The van der Waals surface area contributed by atoms with Crippen LogP contribution < -0.4 is 5.32 Å². The molecule has 17 heavy (non-hydrogen) atoms. The first-order valence-corrected chi connectivity index (χ1v) is 5.62. The maximum Gasteiger partial charge on any atom is 0.272 e. The largest absolute Gasteiger partial charge is 0.394 e. The van der Waals surface area contributed by atoms with Crippen molar-refractivity contribution in [1.29, 1.82) is 0 Å². The van der Waals surface area contributed by atoms with Crippen LogP contribution in [0.15, 0.2) is 6.07 Å². The smallest absolute Gasteiger partial charge is 0.272 e. The molecule has 1 aromatic heterocycles. The molecule has 0 unspecified atom stereocenters. The molecule has 0 saturated carbocycles. The Hall–Kier alpha value is -1.40. The summed E-state index contributed by atoms with van der Waals surface area (Å²) in [5.41, 5.74) is 1.25. The summed E-state index contributed by atoms with van der Waals surface area (Å²) in [5.74, 6) is -0.389. The number of carbonyl (C=O) groups excluding carboxylic acids is 1. The molecule has 0 aliphatic heterocycles. The first-order valence-electron chi connectivity index (χ1n) is 5.62. The van der Waals surface area contributed by atoms with Gasteiger partial charge < -0.3 is 15.5 Å². The zero-order chi connectivity index (χ0) is 13.0. The van der Waals surface area contributed by atoms with Crippen LogP contribution in [-0.2, 0) is 13.5 Å². The molecule has 0 aliphatic rings. The fourth-order valence-corrected chi connectivity index (χ4v) is 1.51. The number of rotatable bonds is 5. The molecule has 1 heterocycles. The third kappa shape index (κ3) is 3.28. The van der Waals surface area contributed by atoms with Crippen molar-refractivity contribution in [1.82, 2.24) is 15.1 Å². The van der Waals surface area contributed by atoms with Crippen molar-refractivity contribution in [2.75, 3.05) is 6.61 Å². The highest BCUT2D eigenvalue weighted by atomic mass is 16.3. The van der Waals surface area contributed by atoms with Gasteiger partial charge in [0.25, 0.3) is 5.91 Å². The third-order valence-corrected chi connectivity index (χ3v) is 2.67. The average molecular weight is 241 g/mol. The van der Waals surface area contributed by atoms with Crippen molar-refractivity contribution in [3.8, 4) is 0 Å². The number of nitrogens with zero attached hydrogens (tertiary/aromatic N) is 2. The summed E-state index contributed by atoms with van der Waals surface area (Å²) in [4.78, 5) is 11.8. The van der Waals surface area contributed by atoms with Gasteiger partial charge in [-0.3, -0.25) is 9.48 Å². The summed E-state index contributed by atoms with van der Waals surface area (Å²) >= 11 is 0. The van der Waals surface area contributed by atoms with Crippen LogP contribution in [0.4, 0.5) is 0 Å². The SMILES string of the molecule is CCc1cc(C(=O)N[C@H](CO)[C@@H](C)O)nn1C. The van der Waals surface area contributed by atoms with Crippen molar-refractivity contribution in [3.63, 3.8) is 0 Å². The Morgan fingerprint density at radius 1 is 1.65 bits per heavy atom. The van der Waals surface area contributed by atoms with Gasteiger partial charge in [-0.25, -0.2) is 0 Å². The van der Waals surface area contributed by atoms with E-state index in [1.54, 1.807) is 17.8 Å². The molecule has 0 fully saturated rings. The molecule has 0 bridgehead atoms. The lowest BCUT2D eigenvalue weighted by Gasteiger charge is -2.17. The van der Waals surface area contributed by atoms with Gasteiger partial charge in [0.15, 0.2) is 0 Å². The molecule has 1 rings (SSSR count). The summed E-state index contributed by atoms with van der Waals surface area (Å²) in [6.45, 7) is 3.18. The average Bonchev–Trinajstić information content (AvgIpc) is 2.66. The quantitative estimate of drug-likeness (QED) is 0.645. The lowest BCUT2D eigenvalue weighted by atomic mass is 10.2. The van der Waals surface area contributed by atoms with Crippen LogP contribution >= 0.6 is 0 Å². The van der Waals surface area contributed by atoms with Crippen LogP contribution in [0, 0.1) is 0 Å². The van der Waals surface area contributed by atoms with Crippen LogP contribution in [0.25, 0.3) is 0 Å². The molecule has 0 radical (unpaired) electrons. The molecule has 6 nitrogen and oxygen atoms in total. The number of aryl methyl sites for hydroxylation is 2. The van der Waals surface area contributed by atoms with E-state index < -0.39 is 12.1 Å². The summed E-state index contributed by atoms with van der Waals surface area (Å²) in [7, 11) is 1.77. The fourth-order valence-electron chi connectivity index (χ4n) is 1.51. The third-order valence-electron chi connectivity index (χ3n) is 2.67. The van der Waals surface area contributed by atoms with Crippen molar-refractivity contribution in [2.24, 2.45) is 7.05 Å². The van der Waals surface area contributed by atoms with E-state index >= 15 is 0 Å². The van der Waals surface area contributed by atoms with Crippen molar-refractivity contribution in [2.45, 2.75) is 32.4 Å². The predicted octanol–water partition coefficient (Wildman–Crippen LogP) is -0.546. The number of aliphatic hydroxyl groups is 2. The van der Waals surface area contributed by atoms with Gasteiger partial charge in [0, 0.05) is 12.7 Å². The van der Waals surface area contributed by atoms with Gasteiger partial charge in [-0.15, -0.1) is 0 Å². The number of hydrogen-bond acceptors (Lipinski definition) is 4. The van der Waals surface area contributed by atoms with E-state index in [4.69, 9.17) is 5.11 Å². The lowest BCUT2D eigenvalue weighted by molar-refractivity contribution is 0.0753. The number of carbonyl (C=O) groups is 1. The molecule has 0 aliphatic carbocycles. The monoisotopic (exact) mass is 241 g/mol. The molecular weight excluding hydrogens is 222 g/mol. The Morgan fingerprint density at radius 3 is 2.71 bits per heavy atom. The fraction of sp³-hybridized carbons (Fsp3) is 0.636. The minimum atomic E-state index is -0.807. The van der Waals surface area contributed by atoms with Gasteiger partial charge in [-0.2, -0.15) is 5.10 Å². The second-order valence-electron chi connectivity index (χ2n) is 4.00. The van der Waals surface area contributed by atoms with E-state index in [-0.39, 0.29) is 12.5 Å². The van der Waals surface area contributed by atoms with E-state index in [0.717, 1.165) is 12.1 Å². The molecule has 1 aromatic rings. The summed E-state index contributed by atoms with van der Waals surface area (Å²) in [6.07, 6.45) is -0.0188. The minimum Gasteiger partial charge on any atom is -0.394 e. The Labute approximate surface area is 100 Å². The van der Waals surface area contributed by atoms with Crippen molar-refractivity contribution < 1.29 is 15.0 Å². The number of aliphatic hydroxyl groups excluding tert-OH is 2. The van der Waals surface area contributed by atoms with Crippen LogP contribution in [0.2, 0.25) is 0 Å². The zero-order valence-electron chi connectivity index (χ0n) is 10.3. The Kier molecular flexibility index (Phi) is 4.65. The van der Waals surface area contributed by atoms with E-state index in [9.17, 15) is 9.90 Å². The van der Waals surface area contributed by atoms with Gasteiger partial charge >= 0.3 is 0 Å². The van der Waals surface area contributed by atoms with Crippen LogP contribution in [-0.4, -0.2) is 44.7 Å². The standard InChI is InChI=1S/C11H19N3O3/c1-4-8-5-9(13-14(8)3)11(17)12-10(6-15)7(2)16/h5,7,10,15-16H,4,6H2,1-3H3,(H,12,17)/t7-,10-/m1/s1. The van der Waals surface area contributed by atoms with Crippen molar-refractivity contribution >= 4 is 5.91 Å². The minimum absolute atomic E-state index is 0.295. The van der Waals surface area contributed by atoms with Crippen LogP contribution in [0.1, 0.15) is 30.0 Å². The zero-order valence-corrected chi connectivity index (χ0v) is 10.3. The molecule has 1 amide bonds. The lowest BCUT2D eigenvalue weighted by Crippen LogP contribution is -2.44. The van der Waals surface area contributed by atoms with Gasteiger partial charge in [-0.1, -0.05) is 6.92 Å². The maximum atomic E-state index is 11.8. The first kappa shape index (κ1) is 13.7. The normalized spacial score (nSPS) is 14.4. The molecule has 3 N–H and O–H groups in total. The Balaban J connectivity index is 2.75. The van der Waals surface area contributed by atoms with E-state index in [1.165, 1.54) is 6.92 Å². The van der Waals surface area contributed by atoms with E-state index in [2.05, 4.69) is 10.4 Å². The maximum absolute atomic E-state index is 11.8. The van der Waals surface area contributed by atoms with Crippen LogP contribution in [0.5, 0.6) is 0 Å². The van der Waals surface area contributed by atoms with Gasteiger partial charge in [0.2, 0.25) is 0 Å². The Bertz CT molecular complexity index is 387. The van der Waals surface area contributed by atoms with Crippen molar-refractivity contribution in [3.05, 3.63) is 17.5 Å². The van der Waals surface area contributed by atoms with Gasteiger partial charge in [0.05, 0.1) is 18.8 Å². The summed E-state index contributed by atoms with van der Waals surface area (Å²) in [6, 6.07) is 1.03. The van der Waals surface area contributed by atoms with Gasteiger partial charge in [0.1, 0.15) is 5.69 Å². The molecule has 96 valence electrons. The topological polar surface area (TPSA) is 87.4 Å². The summed E-state index contributed by atoms with van der Waals surface area (Å²) < 4.78 is 1.64. The second-order valence-corrected chi connectivity index (χ2v) is 4.00. The van der Waals surface area contributed by atoms with Crippen LogP contribution in [0.3, 0.4) is 0 Å². The molecule has 2 atom stereocenters. The summed E-state index contributed by atoms with van der Waals surface area (Å²) in [5, 5.41) is 24.9. The highest BCUT2D eigenvalue weighted by Gasteiger charge is 2.19. The Morgan fingerprint density at radius 2 is 2.29 bits per heavy atom. The predicted molar refractivity (Wildman–Crippen MR) is 62.6 cm³/mol. The molecule has 0 aromatic carbocycles. The molecule has 0 spiro atoms. The first-order chi connectivity index (χ1) is 7.99. The number of amides is 1. The highest BCUT2D eigenvalue weighted by molar-refractivity contribution is 5.92. The molecule has 0 saturated heterocycles. The second kappa shape index (κ2) is 5.79. The molecular formula is C11H19N3O3. The van der Waals surface area contributed by atoms with E-state index in [0.29, 0.717) is 5.69 Å². The molecule has 6 heteroatoms. The number of hydrogen-bond donors (Lipinski definition) is 3. The van der Waals surface area contributed by atoms with E-state index in [1.807, 2.05) is 6.92 Å².